The van der Waals surface area contributed by atoms with E-state index in [1.54, 1.807) is 24.3 Å². The molecule has 1 N–H and O–H groups in total. The quantitative estimate of drug-likeness (QED) is 0.499. The lowest BCUT2D eigenvalue weighted by atomic mass is 10.1. The summed E-state index contributed by atoms with van der Waals surface area (Å²) in [5.74, 6) is -2.87. The van der Waals surface area contributed by atoms with Gasteiger partial charge >= 0.3 is 11.9 Å². The first-order chi connectivity index (χ1) is 12.9. The Morgan fingerprint density at radius 2 is 1.63 bits per heavy atom. The predicted octanol–water partition coefficient (Wildman–Crippen LogP) is 2.83. The van der Waals surface area contributed by atoms with Gasteiger partial charge in [-0.15, -0.1) is 0 Å². The van der Waals surface area contributed by atoms with Crippen molar-refractivity contribution >= 4 is 23.5 Å². The highest BCUT2D eigenvalue weighted by molar-refractivity contribution is 6.15. The van der Waals surface area contributed by atoms with E-state index in [2.05, 4.69) is 5.32 Å². The van der Waals surface area contributed by atoms with Crippen molar-refractivity contribution in [1.29, 1.82) is 0 Å². The van der Waals surface area contributed by atoms with Crippen LogP contribution < -0.4 is 5.32 Å². The molecule has 0 radical (unpaired) electrons. The number of nitrogens with one attached hydrogen (secondary N) is 1. The van der Waals surface area contributed by atoms with Crippen LogP contribution >= 0.6 is 0 Å². The maximum absolute atomic E-state index is 12.9. The normalized spacial score (nSPS) is 19.6. The van der Waals surface area contributed by atoms with Gasteiger partial charge < -0.3 is 19.7 Å². The van der Waals surface area contributed by atoms with Crippen LogP contribution in [0.1, 0.15) is 49.9 Å². The fraction of sp³-hybridized carbons (Fsp3) is 0.450. The molecule has 7 nitrogen and oxygen atoms in total. The number of hydrogen-bond acceptors (Lipinski definition) is 6. The van der Waals surface area contributed by atoms with Crippen molar-refractivity contribution in [2.24, 2.45) is 0 Å². The summed E-state index contributed by atoms with van der Waals surface area (Å²) in [4.78, 5) is 38.9. The van der Waals surface area contributed by atoms with Crippen LogP contribution in [0.4, 0.5) is 5.69 Å². The molecule has 0 aromatic heterocycles. The van der Waals surface area contributed by atoms with E-state index in [1.807, 2.05) is 4.90 Å². The van der Waals surface area contributed by atoms with Crippen LogP contribution in [0.5, 0.6) is 0 Å². The standard InChI is InChI=1S/C20H24N2O5/c1-20(2)26-18(24)15(19(25)27-20)13-21-16-10-6-5-9-14(16)17(23)22-11-7-3-4-8-12-22/h5-6,9-10,13,21H,3-4,7-8,11-12H2,1-2H3. The van der Waals surface area contributed by atoms with Gasteiger partial charge in [0, 0.05) is 33.1 Å². The molecule has 1 aromatic rings. The number of likely N-dealkylation sites (tertiary alicyclic amines) is 1. The second kappa shape index (κ2) is 7.82. The molecule has 1 amide bonds. The number of anilines is 1. The zero-order valence-corrected chi connectivity index (χ0v) is 15.6. The lowest BCUT2D eigenvalue weighted by Crippen LogP contribution is -2.42. The first kappa shape index (κ1) is 18.9. The van der Waals surface area contributed by atoms with Gasteiger partial charge in [0.15, 0.2) is 5.57 Å². The van der Waals surface area contributed by atoms with Gasteiger partial charge in [-0.25, -0.2) is 9.59 Å². The monoisotopic (exact) mass is 372 g/mol. The Balaban J connectivity index is 1.79. The number of hydrogen-bond donors (Lipinski definition) is 1. The number of amides is 1. The van der Waals surface area contributed by atoms with E-state index in [1.165, 1.54) is 20.0 Å². The summed E-state index contributed by atoms with van der Waals surface area (Å²) in [5.41, 5.74) is 0.769. The van der Waals surface area contributed by atoms with Crippen molar-refractivity contribution in [2.75, 3.05) is 18.4 Å². The Labute approximate surface area is 158 Å². The van der Waals surface area contributed by atoms with Crippen molar-refractivity contribution in [1.82, 2.24) is 4.90 Å². The van der Waals surface area contributed by atoms with Crippen LogP contribution in [-0.2, 0) is 19.1 Å². The van der Waals surface area contributed by atoms with Crippen molar-refractivity contribution in [3.8, 4) is 0 Å². The zero-order valence-electron chi connectivity index (χ0n) is 15.6. The van der Waals surface area contributed by atoms with Gasteiger partial charge in [-0.1, -0.05) is 25.0 Å². The van der Waals surface area contributed by atoms with E-state index in [9.17, 15) is 14.4 Å². The number of esters is 2. The molecule has 2 fully saturated rings. The number of benzene rings is 1. The third kappa shape index (κ3) is 4.48. The summed E-state index contributed by atoms with van der Waals surface area (Å²) >= 11 is 0. The third-order valence-corrected chi connectivity index (χ3v) is 4.54. The summed E-state index contributed by atoms with van der Waals surface area (Å²) in [7, 11) is 0. The zero-order chi connectivity index (χ0) is 19.4. The number of cyclic esters (lactones) is 2. The Morgan fingerprint density at radius 1 is 1.04 bits per heavy atom. The second-order valence-electron chi connectivity index (χ2n) is 7.13. The van der Waals surface area contributed by atoms with Crippen LogP contribution in [0.2, 0.25) is 0 Å². The van der Waals surface area contributed by atoms with E-state index < -0.39 is 17.7 Å². The van der Waals surface area contributed by atoms with Crippen molar-refractivity contribution in [3.63, 3.8) is 0 Å². The summed E-state index contributed by atoms with van der Waals surface area (Å²) in [6.45, 7) is 4.45. The van der Waals surface area contributed by atoms with E-state index in [-0.39, 0.29) is 11.5 Å². The van der Waals surface area contributed by atoms with Gasteiger partial charge in [0.25, 0.3) is 11.7 Å². The maximum Gasteiger partial charge on any atom is 0.350 e. The Hall–Kier alpha value is -2.83. The largest absolute Gasteiger partial charge is 0.419 e. The first-order valence-corrected chi connectivity index (χ1v) is 9.19. The minimum Gasteiger partial charge on any atom is -0.419 e. The minimum absolute atomic E-state index is 0.0617. The molecule has 3 rings (SSSR count). The van der Waals surface area contributed by atoms with Crippen LogP contribution in [0, 0.1) is 0 Å². The van der Waals surface area contributed by atoms with Crippen LogP contribution in [0.25, 0.3) is 0 Å². The smallest absolute Gasteiger partial charge is 0.350 e. The van der Waals surface area contributed by atoms with Gasteiger partial charge in [0.05, 0.1) is 11.3 Å². The molecule has 1 aromatic carbocycles. The lowest BCUT2D eigenvalue weighted by molar-refractivity contribution is -0.222. The third-order valence-electron chi connectivity index (χ3n) is 4.54. The summed E-state index contributed by atoms with van der Waals surface area (Å²) in [5, 5.41) is 2.90. The summed E-state index contributed by atoms with van der Waals surface area (Å²) in [6.07, 6.45) is 5.50. The molecule has 0 spiro atoms. The van der Waals surface area contributed by atoms with E-state index in [4.69, 9.17) is 9.47 Å². The predicted molar refractivity (Wildman–Crippen MR) is 98.8 cm³/mol. The molecule has 2 aliphatic rings. The van der Waals surface area contributed by atoms with Gasteiger partial charge in [-0.3, -0.25) is 4.79 Å². The molecule has 144 valence electrons. The number of carbonyl (C=O) groups is 3. The molecule has 0 bridgehead atoms. The fourth-order valence-electron chi connectivity index (χ4n) is 3.17. The topological polar surface area (TPSA) is 84.9 Å². The Bertz CT molecular complexity index is 754. The summed E-state index contributed by atoms with van der Waals surface area (Å²) < 4.78 is 10.1. The summed E-state index contributed by atoms with van der Waals surface area (Å²) in [6, 6.07) is 7.02. The van der Waals surface area contributed by atoms with Crippen molar-refractivity contribution in [2.45, 2.75) is 45.3 Å². The van der Waals surface area contributed by atoms with Crippen LogP contribution in [0.3, 0.4) is 0 Å². The Morgan fingerprint density at radius 3 is 2.26 bits per heavy atom. The molecular weight excluding hydrogens is 348 g/mol. The molecule has 0 atom stereocenters. The number of para-hydroxylation sites is 1. The first-order valence-electron chi connectivity index (χ1n) is 9.19. The lowest BCUT2D eigenvalue weighted by Gasteiger charge is -2.29. The molecule has 27 heavy (non-hydrogen) atoms. The highest BCUT2D eigenvalue weighted by Gasteiger charge is 2.39. The molecule has 0 aliphatic carbocycles. The van der Waals surface area contributed by atoms with Crippen LogP contribution in [-0.4, -0.2) is 41.6 Å². The minimum atomic E-state index is -1.29. The van der Waals surface area contributed by atoms with Crippen molar-refractivity contribution in [3.05, 3.63) is 41.6 Å². The average Bonchev–Trinajstić information content (AvgIpc) is 2.89. The van der Waals surface area contributed by atoms with E-state index >= 15 is 0 Å². The number of ether oxygens (including phenoxy) is 2. The molecular formula is C20H24N2O5. The van der Waals surface area contributed by atoms with E-state index in [0.717, 1.165) is 38.8 Å². The Kier molecular flexibility index (Phi) is 5.48. The average molecular weight is 372 g/mol. The van der Waals surface area contributed by atoms with E-state index in [0.29, 0.717) is 11.3 Å². The van der Waals surface area contributed by atoms with Gasteiger partial charge in [0.2, 0.25) is 0 Å². The highest BCUT2D eigenvalue weighted by Crippen LogP contribution is 2.24. The fourth-order valence-corrected chi connectivity index (χ4v) is 3.17. The number of nitrogens with zero attached hydrogens (tertiary/aromatic N) is 1. The SMILES string of the molecule is CC1(C)OC(=O)C(=CNc2ccccc2C(=O)N2CCCCCC2)C(=O)O1. The maximum atomic E-state index is 12.9. The van der Waals surface area contributed by atoms with Gasteiger partial charge in [0.1, 0.15) is 0 Å². The second-order valence-corrected chi connectivity index (χ2v) is 7.13. The van der Waals surface area contributed by atoms with Gasteiger partial charge in [-0.2, -0.15) is 0 Å². The molecule has 0 unspecified atom stereocenters. The van der Waals surface area contributed by atoms with Crippen molar-refractivity contribution < 1.29 is 23.9 Å². The number of carbonyl (C=O) groups excluding carboxylic acids is 3. The van der Waals surface area contributed by atoms with Gasteiger partial charge in [-0.05, 0) is 25.0 Å². The highest BCUT2D eigenvalue weighted by atomic mass is 16.7. The molecule has 2 heterocycles. The number of rotatable bonds is 3. The molecule has 7 heteroatoms. The molecule has 2 aliphatic heterocycles. The van der Waals surface area contributed by atoms with Crippen LogP contribution in [0.15, 0.2) is 36.0 Å². The molecule has 2 saturated heterocycles. The molecule has 0 saturated carbocycles.